The van der Waals surface area contributed by atoms with Gasteiger partial charge in [0.15, 0.2) is 11.6 Å². The van der Waals surface area contributed by atoms with Gasteiger partial charge in [-0.1, -0.05) is 60.7 Å². The average molecular weight is 392 g/mol. The molecule has 5 rings (SSSR count). The van der Waals surface area contributed by atoms with E-state index in [2.05, 4.69) is 0 Å². The highest BCUT2D eigenvalue weighted by atomic mass is 32.1. The van der Waals surface area contributed by atoms with E-state index in [0.717, 1.165) is 20.2 Å². The fourth-order valence-electron chi connectivity index (χ4n) is 3.57. The first-order valence-electron chi connectivity index (χ1n) is 9.36. The fraction of sp³-hybridized carbons (Fsp3) is 0. The van der Waals surface area contributed by atoms with Crippen molar-refractivity contribution in [3.05, 3.63) is 119 Å². The van der Waals surface area contributed by atoms with Crippen molar-refractivity contribution in [2.45, 2.75) is 0 Å². The SMILES string of the molecule is O=C(c1ccccc1)c1ccc2sc3ccc(C(=O)c4ccccc4)cc3c2c1. The Bertz CT molecular complexity index is 1260. The molecule has 138 valence electrons. The second-order valence-electron chi connectivity index (χ2n) is 6.91. The lowest BCUT2D eigenvalue weighted by molar-refractivity contribution is 0.103. The Morgan fingerprint density at radius 3 is 1.31 bits per heavy atom. The molecule has 0 N–H and O–H groups in total. The maximum Gasteiger partial charge on any atom is 0.193 e. The lowest BCUT2D eigenvalue weighted by Crippen LogP contribution is -2.01. The molecule has 1 aromatic heterocycles. The first kappa shape index (κ1) is 17.5. The van der Waals surface area contributed by atoms with E-state index in [1.165, 1.54) is 0 Å². The number of rotatable bonds is 4. The van der Waals surface area contributed by atoms with Crippen molar-refractivity contribution in [3.63, 3.8) is 0 Å². The molecule has 0 aliphatic carbocycles. The maximum absolute atomic E-state index is 12.9. The molecular weight excluding hydrogens is 376 g/mol. The van der Waals surface area contributed by atoms with Crippen LogP contribution >= 0.6 is 11.3 Å². The van der Waals surface area contributed by atoms with Crippen molar-refractivity contribution in [1.29, 1.82) is 0 Å². The topological polar surface area (TPSA) is 34.1 Å². The van der Waals surface area contributed by atoms with E-state index in [-0.39, 0.29) is 11.6 Å². The summed E-state index contributed by atoms with van der Waals surface area (Å²) in [4.78, 5) is 25.7. The minimum Gasteiger partial charge on any atom is -0.289 e. The van der Waals surface area contributed by atoms with Crippen molar-refractivity contribution < 1.29 is 9.59 Å². The zero-order valence-electron chi connectivity index (χ0n) is 15.5. The van der Waals surface area contributed by atoms with Crippen molar-refractivity contribution in [2.24, 2.45) is 0 Å². The van der Waals surface area contributed by atoms with Gasteiger partial charge in [-0.25, -0.2) is 0 Å². The summed E-state index contributed by atoms with van der Waals surface area (Å²) in [6, 6.07) is 30.2. The lowest BCUT2D eigenvalue weighted by Gasteiger charge is -2.03. The van der Waals surface area contributed by atoms with E-state index in [1.54, 1.807) is 11.3 Å². The van der Waals surface area contributed by atoms with Gasteiger partial charge in [-0.2, -0.15) is 0 Å². The predicted molar refractivity (Wildman–Crippen MR) is 119 cm³/mol. The summed E-state index contributed by atoms with van der Waals surface area (Å²) in [6.45, 7) is 0. The maximum atomic E-state index is 12.9. The third-order valence-corrected chi connectivity index (χ3v) is 6.22. The van der Waals surface area contributed by atoms with Crippen molar-refractivity contribution in [2.75, 3.05) is 0 Å². The van der Waals surface area contributed by atoms with Gasteiger partial charge in [0.1, 0.15) is 0 Å². The smallest absolute Gasteiger partial charge is 0.193 e. The van der Waals surface area contributed by atoms with E-state index in [1.807, 2.05) is 97.1 Å². The number of hydrogen-bond acceptors (Lipinski definition) is 3. The van der Waals surface area contributed by atoms with Crippen LogP contribution in [0.25, 0.3) is 20.2 Å². The molecule has 29 heavy (non-hydrogen) atoms. The van der Waals surface area contributed by atoms with E-state index in [4.69, 9.17) is 0 Å². The van der Waals surface area contributed by atoms with Crippen molar-refractivity contribution in [3.8, 4) is 0 Å². The second-order valence-corrected chi connectivity index (χ2v) is 8.00. The van der Waals surface area contributed by atoms with Crippen LogP contribution in [0, 0.1) is 0 Å². The van der Waals surface area contributed by atoms with E-state index in [0.29, 0.717) is 22.3 Å². The molecule has 0 aliphatic heterocycles. The molecule has 0 spiro atoms. The largest absolute Gasteiger partial charge is 0.289 e. The van der Waals surface area contributed by atoms with Gasteiger partial charge in [-0.15, -0.1) is 11.3 Å². The molecule has 0 saturated heterocycles. The summed E-state index contributed by atoms with van der Waals surface area (Å²) >= 11 is 1.67. The molecule has 0 aliphatic rings. The highest BCUT2D eigenvalue weighted by molar-refractivity contribution is 7.25. The Labute approximate surface area is 172 Å². The van der Waals surface area contributed by atoms with Crippen molar-refractivity contribution in [1.82, 2.24) is 0 Å². The summed E-state index contributed by atoms with van der Waals surface area (Å²) in [5, 5.41) is 2.02. The number of ketones is 2. The van der Waals surface area contributed by atoms with Crippen LogP contribution < -0.4 is 0 Å². The van der Waals surface area contributed by atoms with Crippen LogP contribution in [0.15, 0.2) is 97.1 Å². The third kappa shape index (κ3) is 3.16. The predicted octanol–water partition coefficient (Wildman–Crippen LogP) is 6.52. The standard InChI is InChI=1S/C26H16O2S/c27-25(17-7-3-1-4-8-17)19-11-13-23-21(15-19)22-16-20(12-14-24(22)29-23)26(28)18-9-5-2-6-10-18/h1-16H. The molecule has 0 bridgehead atoms. The van der Waals surface area contributed by atoms with E-state index >= 15 is 0 Å². The van der Waals surface area contributed by atoms with Crippen molar-refractivity contribution >= 4 is 43.1 Å². The van der Waals surface area contributed by atoms with Crippen LogP contribution in [0.4, 0.5) is 0 Å². The van der Waals surface area contributed by atoms with Crippen LogP contribution in [0.5, 0.6) is 0 Å². The zero-order valence-corrected chi connectivity index (χ0v) is 16.3. The number of carbonyl (C=O) groups excluding carboxylic acids is 2. The van der Waals surface area contributed by atoms with Gasteiger partial charge in [0.2, 0.25) is 0 Å². The van der Waals surface area contributed by atoms with Gasteiger partial charge in [0.25, 0.3) is 0 Å². The molecule has 1 heterocycles. The first-order chi connectivity index (χ1) is 14.2. The number of thiophene rings is 1. The molecule has 0 atom stereocenters. The van der Waals surface area contributed by atoms with Crippen LogP contribution in [0.3, 0.4) is 0 Å². The monoisotopic (exact) mass is 392 g/mol. The van der Waals surface area contributed by atoms with Gasteiger partial charge in [-0.3, -0.25) is 9.59 Å². The Hall–Kier alpha value is -3.56. The molecule has 0 amide bonds. The Balaban J connectivity index is 1.62. The molecular formula is C26H16O2S. The molecule has 0 saturated carbocycles. The number of carbonyl (C=O) groups is 2. The quantitative estimate of drug-likeness (QED) is 0.326. The van der Waals surface area contributed by atoms with Gasteiger partial charge in [0, 0.05) is 42.4 Å². The summed E-state index contributed by atoms with van der Waals surface area (Å²) < 4.78 is 2.21. The Morgan fingerprint density at radius 1 is 0.483 bits per heavy atom. The minimum absolute atomic E-state index is 0.00312. The van der Waals surface area contributed by atoms with Gasteiger partial charge in [0.05, 0.1) is 0 Å². The highest BCUT2D eigenvalue weighted by Crippen LogP contribution is 2.35. The molecule has 0 unspecified atom stereocenters. The lowest BCUT2D eigenvalue weighted by atomic mass is 9.99. The first-order valence-corrected chi connectivity index (χ1v) is 10.2. The number of fused-ring (bicyclic) bond motifs is 3. The number of benzene rings is 4. The third-order valence-electron chi connectivity index (χ3n) is 5.07. The Kier molecular flexibility index (Phi) is 4.30. The van der Waals surface area contributed by atoms with Gasteiger partial charge < -0.3 is 0 Å². The summed E-state index contributed by atoms with van der Waals surface area (Å²) in [5.41, 5.74) is 2.66. The summed E-state index contributed by atoms with van der Waals surface area (Å²) in [5.74, 6) is 0.00623. The summed E-state index contributed by atoms with van der Waals surface area (Å²) in [7, 11) is 0. The number of hydrogen-bond donors (Lipinski definition) is 0. The molecule has 2 nitrogen and oxygen atoms in total. The van der Waals surface area contributed by atoms with Crippen LogP contribution in [-0.2, 0) is 0 Å². The highest BCUT2D eigenvalue weighted by Gasteiger charge is 2.14. The van der Waals surface area contributed by atoms with E-state index < -0.39 is 0 Å². The van der Waals surface area contributed by atoms with Gasteiger partial charge >= 0.3 is 0 Å². The second kappa shape index (κ2) is 7.12. The molecule has 0 fully saturated rings. The zero-order chi connectivity index (χ0) is 19.8. The summed E-state index contributed by atoms with van der Waals surface area (Å²) in [6.07, 6.45) is 0. The van der Waals surface area contributed by atoms with Crippen LogP contribution in [-0.4, -0.2) is 11.6 Å². The van der Waals surface area contributed by atoms with Crippen LogP contribution in [0.1, 0.15) is 31.8 Å². The van der Waals surface area contributed by atoms with E-state index in [9.17, 15) is 9.59 Å². The van der Waals surface area contributed by atoms with Crippen LogP contribution in [0.2, 0.25) is 0 Å². The minimum atomic E-state index is 0.00312. The normalized spacial score (nSPS) is 11.0. The van der Waals surface area contributed by atoms with Gasteiger partial charge in [-0.05, 0) is 36.4 Å². The molecule has 5 aromatic rings. The Morgan fingerprint density at radius 2 is 0.897 bits per heavy atom. The molecule has 4 aromatic carbocycles. The molecule has 0 radical (unpaired) electrons. The fourth-order valence-corrected chi connectivity index (χ4v) is 4.64. The average Bonchev–Trinajstić information content (AvgIpc) is 3.16. The molecule has 3 heteroatoms.